The van der Waals surface area contributed by atoms with E-state index >= 15 is 0 Å². The minimum Gasteiger partial charge on any atom is -0.493 e. The Labute approximate surface area is 178 Å². The Morgan fingerprint density at radius 1 is 1.46 bits per heavy atom. The SMILES string of the molecule is C#CCOc1cc(CNC(=NC)N2CCSC(CC)C2)ccc1OC.I. The first-order chi connectivity index (χ1) is 12.2. The molecule has 1 aliphatic heterocycles. The van der Waals surface area contributed by atoms with Crippen LogP contribution in [-0.4, -0.2) is 55.7 Å². The highest BCUT2D eigenvalue weighted by atomic mass is 127. The number of terminal acetylenes is 1. The lowest BCUT2D eigenvalue weighted by Gasteiger charge is -2.34. The van der Waals surface area contributed by atoms with Gasteiger partial charge in [0.05, 0.1) is 7.11 Å². The number of nitrogens with zero attached hydrogens (tertiary/aromatic N) is 2. The van der Waals surface area contributed by atoms with Crippen molar-refractivity contribution in [3.8, 4) is 23.8 Å². The van der Waals surface area contributed by atoms with Crippen LogP contribution in [0, 0.1) is 12.3 Å². The molecule has 7 heteroatoms. The molecule has 1 N–H and O–H groups in total. The molecular formula is C19H28IN3O2S. The molecule has 1 atom stereocenters. The van der Waals surface area contributed by atoms with Crippen LogP contribution < -0.4 is 14.8 Å². The fraction of sp³-hybridized carbons (Fsp3) is 0.526. The number of thioether (sulfide) groups is 1. The molecule has 1 heterocycles. The zero-order valence-electron chi connectivity index (χ0n) is 15.7. The normalized spacial score (nSPS) is 17.1. The number of benzene rings is 1. The molecule has 0 bridgehead atoms. The number of hydrogen-bond donors (Lipinski definition) is 1. The highest BCUT2D eigenvalue weighted by molar-refractivity contribution is 14.0. The van der Waals surface area contributed by atoms with Gasteiger partial charge in [-0.15, -0.1) is 30.4 Å². The second-order valence-electron chi connectivity index (χ2n) is 5.73. The van der Waals surface area contributed by atoms with Gasteiger partial charge < -0.3 is 19.7 Å². The molecule has 144 valence electrons. The van der Waals surface area contributed by atoms with Gasteiger partial charge in [0.1, 0.15) is 6.61 Å². The van der Waals surface area contributed by atoms with E-state index in [1.54, 1.807) is 7.11 Å². The maximum absolute atomic E-state index is 5.56. The molecule has 1 unspecified atom stereocenters. The van der Waals surface area contributed by atoms with Crippen molar-refractivity contribution in [2.45, 2.75) is 25.1 Å². The number of guanidine groups is 1. The van der Waals surface area contributed by atoms with Crippen LogP contribution in [0.15, 0.2) is 23.2 Å². The smallest absolute Gasteiger partial charge is 0.193 e. The van der Waals surface area contributed by atoms with Crippen molar-refractivity contribution < 1.29 is 9.47 Å². The van der Waals surface area contributed by atoms with Crippen LogP contribution in [0.3, 0.4) is 0 Å². The molecular weight excluding hydrogens is 461 g/mol. The number of methoxy groups -OCH3 is 1. The molecule has 1 aromatic rings. The molecule has 0 amide bonds. The monoisotopic (exact) mass is 489 g/mol. The van der Waals surface area contributed by atoms with Crippen LogP contribution in [0.25, 0.3) is 0 Å². The van der Waals surface area contributed by atoms with Gasteiger partial charge in [0, 0.05) is 37.7 Å². The Balaban J connectivity index is 0.00000338. The molecule has 1 fully saturated rings. The van der Waals surface area contributed by atoms with Crippen molar-refractivity contribution in [3.63, 3.8) is 0 Å². The second kappa shape index (κ2) is 12.2. The molecule has 1 aliphatic rings. The minimum absolute atomic E-state index is 0. The second-order valence-corrected chi connectivity index (χ2v) is 7.13. The molecule has 0 aromatic heterocycles. The van der Waals surface area contributed by atoms with Gasteiger partial charge >= 0.3 is 0 Å². The van der Waals surface area contributed by atoms with Gasteiger partial charge in [-0.1, -0.05) is 18.9 Å². The summed E-state index contributed by atoms with van der Waals surface area (Å²) in [7, 11) is 3.46. The van der Waals surface area contributed by atoms with Crippen molar-refractivity contribution in [3.05, 3.63) is 23.8 Å². The van der Waals surface area contributed by atoms with Crippen molar-refractivity contribution >= 4 is 41.7 Å². The molecule has 0 radical (unpaired) electrons. The van der Waals surface area contributed by atoms with E-state index in [4.69, 9.17) is 15.9 Å². The summed E-state index contributed by atoms with van der Waals surface area (Å²) in [5.41, 5.74) is 1.09. The molecule has 1 saturated heterocycles. The van der Waals surface area contributed by atoms with Gasteiger partial charge in [0.25, 0.3) is 0 Å². The number of hydrogen-bond acceptors (Lipinski definition) is 4. The summed E-state index contributed by atoms with van der Waals surface area (Å²) in [6.45, 7) is 5.20. The third-order valence-corrected chi connectivity index (χ3v) is 5.47. The number of rotatable bonds is 6. The lowest BCUT2D eigenvalue weighted by molar-refractivity contribution is 0.330. The largest absolute Gasteiger partial charge is 0.493 e. The highest BCUT2D eigenvalue weighted by Gasteiger charge is 2.21. The molecule has 0 saturated carbocycles. The first kappa shape index (κ1) is 22.8. The molecule has 1 aromatic carbocycles. The zero-order valence-corrected chi connectivity index (χ0v) is 18.8. The average molecular weight is 489 g/mol. The fourth-order valence-electron chi connectivity index (χ4n) is 2.74. The quantitative estimate of drug-likeness (QED) is 0.288. The van der Waals surface area contributed by atoms with Gasteiger partial charge in [0.15, 0.2) is 17.5 Å². The van der Waals surface area contributed by atoms with Crippen molar-refractivity contribution in [1.82, 2.24) is 10.2 Å². The summed E-state index contributed by atoms with van der Waals surface area (Å²) in [6, 6.07) is 5.87. The molecule has 0 spiro atoms. The van der Waals surface area contributed by atoms with E-state index in [1.165, 1.54) is 6.42 Å². The van der Waals surface area contributed by atoms with Gasteiger partial charge in [0.2, 0.25) is 0 Å². The van der Waals surface area contributed by atoms with E-state index in [9.17, 15) is 0 Å². The maximum Gasteiger partial charge on any atom is 0.193 e. The van der Waals surface area contributed by atoms with Crippen LogP contribution >= 0.6 is 35.7 Å². The van der Waals surface area contributed by atoms with E-state index in [0.717, 1.165) is 30.4 Å². The Bertz CT molecular complexity index is 634. The molecule has 0 aliphatic carbocycles. The summed E-state index contributed by atoms with van der Waals surface area (Å²) >= 11 is 2.05. The summed E-state index contributed by atoms with van der Waals surface area (Å²) in [5, 5.41) is 4.13. The van der Waals surface area contributed by atoms with Gasteiger partial charge in [-0.2, -0.15) is 11.8 Å². The molecule has 2 rings (SSSR count). The average Bonchev–Trinajstić information content (AvgIpc) is 2.67. The van der Waals surface area contributed by atoms with Crippen LogP contribution in [0.1, 0.15) is 18.9 Å². The van der Waals surface area contributed by atoms with Crippen molar-refractivity contribution in [1.29, 1.82) is 0 Å². The predicted octanol–water partition coefficient (Wildman–Crippen LogP) is 3.23. The van der Waals surface area contributed by atoms with E-state index in [2.05, 4.69) is 39.8 Å². The Kier molecular flexibility index (Phi) is 10.7. The van der Waals surface area contributed by atoms with Gasteiger partial charge in [-0.3, -0.25) is 4.99 Å². The standard InChI is InChI=1S/C19H27N3O2S.HI/c1-5-10-24-18-12-15(7-8-17(18)23-4)13-21-19(20-3)22-9-11-25-16(6-2)14-22;/h1,7-8,12,16H,6,9-11,13-14H2,2-4H3,(H,20,21);1H. The summed E-state index contributed by atoms with van der Waals surface area (Å²) in [5.74, 6) is 5.91. The van der Waals surface area contributed by atoms with Gasteiger partial charge in [-0.05, 0) is 24.1 Å². The third-order valence-electron chi connectivity index (χ3n) is 4.10. The first-order valence-corrected chi connectivity index (χ1v) is 9.57. The predicted molar refractivity (Wildman–Crippen MR) is 121 cm³/mol. The number of ether oxygens (including phenoxy) is 2. The van der Waals surface area contributed by atoms with Gasteiger partial charge in [-0.25, -0.2) is 0 Å². The fourth-order valence-corrected chi connectivity index (χ4v) is 3.92. The molecule has 26 heavy (non-hydrogen) atoms. The van der Waals surface area contributed by atoms with Crippen LogP contribution in [0.4, 0.5) is 0 Å². The van der Waals surface area contributed by atoms with Crippen LogP contribution in [-0.2, 0) is 6.54 Å². The Morgan fingerprint density at radius 2 is 2.27 bits per heavy atom. The van der Waals surface area contributed by atoms with Crippen LogP contribution in [0.5, 0.6) is 11.5 Å². The number of nitrogens with one attached hydrogen (secondary N) is 1. The Hall–Kier alpha value is -1.27. The van der Waals surface area contributed by atoms with E-state index in [1.807, 2.05) is 25.2 Å². The minimum atomic E-state index is 0. The van der Waals surface area contributed by atoms with E-state index in [0.29, 0.717) is 23.3 Å². The lowest BCUT2D eigenvalue weighted by atomic mass is 10.2. The maximum atomic E-state index is 5.56. The van der Waals surface area contributed by atoms with Crippen molar-refractivity contribution in [2.24, 2.45) is 4.99 Å². The summed E-state index contributed by atoms with van der Waals surface area (Å²) in [6.07, 6.45) is 6.46. The Morgan fingerprint density at radius 3 is 2.92 bits per heavy atom. The van der Waals surface area contributed by atoms with Crippen molar-refractivity contribution in [2.75, 3.05) is 39.6 Å². The molecule has 5 nitrogen and oxygen atoms in total. The van der Waals surface area contributed by atoms with E-state index in [-0.39, 0.29) is 30.6 Å². The topological polar surface area (TPSA) is 46.1 Å². The number of aliphatic imine (C=N–C) groups is 1. The number of halogens is 1. The van der Waals surface area contributed by atoms with Crippen LogP contribution in [0.2, 0.25) is 0 Å². The zero-order chi connectivity index (χ0) is 18.1. The highest BCUT2D eigenvalue weighted by Crippen LogP contribution is 2.28. The lowest BCUT2D eigenvalue weighted by Crippen LogP contribution is -2.47. The summed E-state index contributed by atoms with van der Waals surface area (Å²) in [4.78, 5) is 6.78. The third kappa shape index (κ3) is 6.47. The summed E-state index contributed by atoms with van der Waals surface area (Å²) < 4.78 is 10.9. The van der Waals surface area contributed by atoms with E-state index < -0.39 is 0 Å². The first-order valence-electron chi connectivity index (χ1n) is 8.52.